The number of methoxy groups -OCH3 is 1. The normalized spacial score (nSPS) is 10.8. The van der Waals surface area contributed by atoms with E-state index in [-0.39, 0.29) is 6.61 Å². The van der Waals surface area contributed by atoms with Gasteiger partial charge in [-0.1, -0.05) is 23.8 Å². The highest BCUT2D eigenvalue weighted by Crippen LogP contribution is 2.35. The summed E-state index contributed by atoms with van der Waals surface area (Å²) in [5, 5.41) is 8.06. The third-order valence-corrected chi connectivity index (χ3v) is 4.93. The Hall–Kier alpha value is -3.80. The first-order valence-electron chi connectivity index (χ1n) is 9.66. The first kappa shape index (κ1) is 19.5. The van der Waals surface area contributed by atoms with Crippen LogP contribution in [0.15, 0.2) is 60.7 Å². The highest BCUT2D eigenvalue weighted by Gasteiger charge is 2.11. The van der Waals surface area contributed by atoms with Crippen LogP contribution in [0.1, 0.15) is 11.1 Å². The SMILES string of the molecule is CNC(=O)OCc1ccc(Nc2c3ccc(OC)cc3nc3ccc(C)cc23)cc1. The third kappa shape index (κ3) is 3.98. The summed E-state index contributed by atoms with van der Waals surface area (Å²) in [5.74, 6) is 0.771. The summed E-state index contributed by atoms with van der Waals surface area (Å²) in [6.45, 7) is 2.29. The van der Waals surface area contributed by atoms with Crippen molar-refractivity contribution in [3.05, 3.63) is 71.8 Å². The van der Waals surface area contributed by atoms with Crippen LogP contribution in [0, 0.1) is 6.92 Å². The van der Waals surface area contributed by atoms with Crippen LogP contribution in [0.5, 0.6) is 5.75 Å². The van der Waals surface area contributed by atoms with Crippen LogP contribution in [0.4, 0.5) is 16.2 Å². The van der Waals surface area contributed by atoms with Crippen molar-refractivity contribution in [2.24, 2.45) is 0 Å². The standard InChI is InChI=1S/C24H23N3O3/c1-15-4-11-21-20(12-15)23(19-10-9-18(29-3)13-22(19)27-21)26-17-7-5-16(6-8-17)14-30-24(28)25-2/h4-13H,14H2,1-3H3,(H,25,28)(H,26,27). The summed E-state index contributed by atoms with van der Waals surface area (Å²) in [5.41, 5.74) is 5.79. The molecule has 6 nitrogen and oxygen atoms in total. The topological polar surface area (TPSA) is 72.5 Å². The summed E-state index contributed by atoms with van der Waals surface area (Å²) in [6.07, 6.45) is -0.447. The molecule has 0 aliphatic heterocycles. The van der Waals surface area contributed by atoms with Gasteiger partial charge < -0.3 is 20.1 Å². The van der Waals surface area contributed by atoms with E-state index in [1.54, 1.807) is 7.11 Å². The highest BCUT2D eigenvalue weighted by atomic mass is 16.5. The molecule has 0 radical (unpaired) electrons. The molecule has 1 amide bonds. The fourth-order valence-corrected chi connectivity index (χ4v) is 3.35. The lowest BCUT2D eigenvalue weighted by molar-refractivity contribution is 0.142. The number of benzene rings is 3. The Labute approximate surface area is 174 Å². The Morgan fingerprint density at radius 3 is 2.50 bits per heavy atom. The Kier molecular flexibility index (Phi) is 5.39. The molecular weight excluding hydrogens is 378 g/mol. The molecule has 3 aromatic carbocycles. The number of nitrogens with one attached hydrogen (secondary N) is 2. The lowest BCUT2D eigenvalue weighted by atomic mass is 10.0. The lowest BCUT2D eigenvalue weighted by Crippen LogP contribution is -2.18. The number of pyridine rings is 1. The van der Waals surface area contributed by atoms with Crippen LogP contribution >= 0.6 is 0 Å². The third-order valence-electron chi connectivity index (χ3n) is 4.93. The fraction of sp³-hybridized carbons (Fsp3) is 0.167. The van der Waals surface area contributed by atoms with Crippen LogP contribution in [0.3, 0.4) is 0 Å². The molecule has 30 heavy (non-hydrogen) atoms. The number of carbonyl (C=O) groups is 1. The van der Waals surface area contributed by atoms with Crippen molar-refractivity contribution in [3.63, 3.8) is 0 Å². The van der Waals surface area contributed by atoms with Crippen LogP contribution in [-0.4, -0.2) is 25.2 Å². The Bertz CT molecular complexity index is 1220. The molecule has 4 aromatic rings. The summed E-state index contributed by atoms with van der Waals surface area (Å²) in [7, 11) is 3.19. The molecule has 152 valence electrons. The second kappa shape index (κ2) is 8.29. The van der Waals surface area contributed by atoms with Gasteiger partial charge >= 0.3 is 6.09 Å². The maximum Gasteiger partial charge on any atom is 0.407 e. The molecule has 1 aromatic heterocycles. The molecule has 0 unspecified atom stereocenters. The van der Waals surface area contributed by atoms with Gasteiger partial charge in [0.25, 0.3) is 0 Å². The van der Waals surface area contributed by atoms with E-state index in [2.05, 4.69) is 29.7 Å². The van der Waals surface area contributed by atoms with Gasteiger partial charge in [-0.05, 0) is 48.9 Å². The number of aromatic nitrogens is 1. The number of ether oxygens (including phenoxy) is 2. The first-order chi connectivity index (χ1) is 14.6. The van der Waals surface area contributed by atoms with Gasteiger partial charge in [0.15, 0.2) is 0 Å². The molecule has 0 aliphatic carbocycles. The second-order valence-corrected chi connectivity index (χ2v) is 7.04. The zero-order valence-corrected chi connectivity index (χ0v) is 17.2. The maximum atomic E-state index is 11.3. The number of alkyl carbamates (subject to hydrolysis) is 1. The smallest absolute Gasteiger partial charge is 0.407 e. The van der Waals surface area contributed by atoms with Gasteiger partial charge in [-0.3, -0.25) is 0 Å². The Morgan fingerprint density at radius 2 is 1.77 bits per heavy atom. The van der Waals surface area contributed by atoms with Crippen molar-refractivity contribution >= 4 is 39.3 Å². The van der Waals surface area contributed by atoms with E-state index in [1.807, 2.05) is 48.5 Å². The minimum absolute atomic E-state index is 0.222. The van der Waals surface area contributed by atoms with Crippen molar-refractivity contribution < 1.29 is 14.3 Å². The molecule has 1 heterocycles. The molecular formula is C24H23N3O3. The largest absolute Gasteiger partial charge is 0.497 e. The predicted molar refractivity (Wildman–Crippen MR) is 120 cm³/mol. The number of rotatable bonds is 5. The number of aryl methyl sites for hydroxylation is 1. The van der Waals surface area contributed by atoms with E-state index >= 15 is 0 Å². The maximum absolute atomic E-state index is 11.3. The number of nitrogens with zero attached hydrogens (tertiary/aromatic N) is 1. The number of hydrogen-bond acceptors (Lipinski definition) is 5. The van der Waals surface area contributed by atoms with Gasteiger partial charge in [0.05, 0.1) is 23.8 Å². The number of carbonyl (C=O) groups excluding carboxylic acids is 1. The molecule has 2 N–H and O–H groups in total. The predicted octanol–water partition coefficient (Wildman–Crippen LogP) is 5.30. The number of fused-ring (bicyclic) bond motifs is 2. The van der Waals surface area contributed by atoms with Gasteiger partial charge in [0.2, 0.25) is 0 Å². The van der Waals surface area contributed by atoms with Crippen molar-refractivity contribution in [2.75, 3.05) is 19.5 Å². The van der Waals surface area contributed by atoms with E-state index in [0.29, 0.717) is 0 Å². The van der Waals surface area contributed by atoms with Crippen LogP contribution < -0.4 is 15.4 Å². The highest BCUT2D eigenvalue weighted by molar-refractivity contribution is 6.09. The van der Waals surface area contributed by atoms with E-state index < -0.39 is 6.09 Å². The molecule has 4 rings (SSSR count). The van der Waals surface area contributed by atoms with E-state index in [1.165, 1.54) is 12.6 Å². The number of anilines is 2. The molecule has 0 fully saturated rings. The van der Waals surface area contributed by atoms with Crippen LogP contribution in [-0.2, 0) is 11.3 Å². The van der Waals surface area contributed by atoms with Gasteiger partial charge in [0, 0.05) is 29.6 Å². The zero-order chi connectivity index (χ0) is 21.1. The van der Waals surface area contributed by atoms with Gasteiger partial charge in [-0.15, -0.1) is 0 Å². The molecule has 0 bridgehead atoms. The van der Waals surface area contributed by atoms with E-state index in [4.69, 9.17) is 14.5 Å². The molecule has 0 atom stereocenters. The summed E-state index contributed by atoms with van der Waals surface area (Å²) in [6, 6.07) is 20.0. The average Bonchev–Trinajstić information content (AvgIpc) is 2.78. The van der Waals surface area contributed by atoms with Crippen molar-refractivity contribution in [1.29, 1.82) is 0 Å². The molecule has 0 saturated heterocycles. The van der Waals surface area contributed by atoms with Crippen molar-refractivity contribution in [2.45, 2.75) is 13.5 Å². The van der Waals surface area contributed by atoms with E-state index in [0.717, 1.165) is 44.5 Å². The minimum Gasteiger partial charge on any atom is -0.497 e. The van der Waals surface area contributed by atoms with Crippen molar-refractivity contribution in [3.8, 4) is 5.75 Å². The molecule has 0 spiro atoms. The second-order valence-electron chi connectivity index (χ2n) is 7.04. The first-order valence-corrected chi connectivity index (χ1v) is 9.66. The Balaban J connectivity index is 1.73. The number of amides is 1. The van der Waals surface area contributed by atoms with Crippen LogP contribution in [0.25, 0.3) is 21.8 Å². The van der Waals surface area contributed by atoms with Gasteiger partial charge in [0.1, 0.15) is 12.4 Å². The fourth-order valence-electron chi connectivity index (χ4n) is 3.35. The molecule has 6 heteroatoms. The van der Waals surface area contributed by atoms with Gasteiger partial charge in [-0.2, -0.15) is 0 Å². The quantitative estimate of drug-likeness (QED) is 0.444. The van der Waals surface area contributed by atoms with Crippen molar-refractivity contribution in [1.82, 2.24) is 10.3 Å². The zero-order valence-electron chi connectivity index (χ0n) is 17.2. The molecule has 0 aliphatic rings. The minimum atomic E-state index is -0.447. The summed E-state index contributed by atoms with van der Waals surface area (Å²) >= 11 is 0. The monoisotopic (exact) mass is 401 g/mol. The van der Waals surface area contributed by atoms with E-state index in [9.17, 15) is 4.79 Å². The number of hydrogen-bond donors (Lipinski definition) is 2. The summed E-state index contributed by atoms with van der Waals surface area (Å²) < 4.78 is 10.5. The van der Waals surface area contributed by atoms with Crippen LogP contribution in [0.2, 0.25) is 0 Å². The van der Waals surface area contributed by atoms with Gasteiger partial charge in [-0.25, -0.2) is 9.78 Å². The molecule has 0 saturated carbocycles. The summed E-state index contributed by atoms with van der Waals surface area (Å²) in [4.78, 5) is 16.1. The average molecular weight is 401 g/mol. The Morgan fingerprint density at radius 1 is 0.967 bits per heavy atom. The lowest BCUT2D eigenvalue weighted by Gasteiger charge is -2.15.